The van der Waals surface area contributed by atoms with Gasteiger partial charge in [-0.25, -0.2) is 8.42 Å². The van der Waals surface area contributed by atoms with Gasteiger partial charge in [-0.1, -0.05) is 54.6 Å². The van der Waals surface area contributed by atoms with Crippen molar-refractivity contribution in [2.75, 3.05) is 12.3 Å². The molecule has 0 radical (unpaired) electrons. The molecule has 3 rings (SSSR count). The Bertz CT molecular complexity index is 1010. The minimum absolute atomic E-state index is 0.0567. The van der Waals surface area contributed by atoms with Crippen LogP contribution in [-0.4, -0.2) is 36.5 Å². The highest BCUT2D eigenvalue weighted by Gasteiger charge is 2.20. The number of hydrogen-bond donors (Lipinski definition) is 0. The normalized spacial score (nSPS) is 11.2. The van der Waals surface area contributed by atoms with Gasteiger partial charge in [-0.2, -0.15) is 0 Å². The van der Waals surface area contributed by atoms with Gasteiger partial charge in [0.05, 0.1) is 22.9 Å². The summed E-state index contributed by atoms with van der Waals surface area (Å²) in [7, 11) is -3.49. The number of hydrogen-bond acceptors (Lipinski definition) is 4. The molecule has 1 amide bonds. The molecule has 0 bridgehead atoms. The van der Waals surface area contributed by atoms with E-state index in [4.69, 9.17) is 0 Å². The molecule has 0 aliphatic carbocycles. The van der Waals surface area contributed by atoms with Crippen LogP contribution in [0.2, 0.25) is 0 Å². The summed E-state index contributed by atoms with van der Waals surface area (Å²) in [5.41, 5.74) is 1.91. The van der Waals surface area contributed by atoms with Crippen molar-refractivity contribution in [1.29, 1.82) is 0 Å². The molecule has 29 heavy (non-hydrogen) atoms. The highest BCUT2D eigenvalue weighted by Crippen LogP contribution is 2.13. The third kappa shape index (κ3) is 6.26. The van der Waals surface area contributed by atoms with Gasteiger partial charge in [0.1, 0.15) is 0 Å². The van der Waals surface area contributed by atoms with Crippen molar-refractivity contribution in [1.82, 2.24) is 9.88 Å². The van der Waals surface area contributed by atoms with Crippen molar-refractivity contribution in [3.63, 3.8) is 0 Å². The Hall–Kier alpha value is -2.99. The second-order valence-corrected chi connectivity index (χ2v) is 8.86. The number of sulfone groups is 1. The Morgan fingerprint density at radius 3 is 2.17 bits per heavy atom. The lowest BCUT2D eigenvalue weighted by Crippen LogP contribution is -2.34. The number of carbonyl (C=O) groups excluding carboxylic acids is 1. The maximum Gasteiger partial charge on any atom is 0.223 e. The van der Waals surface area contributed by atoms with E-state index in [1.807, 2.05) is 48.5 Å². The molecule has 0 aliphatic rings. The van der Waals surface area contributed by atoms with Crippen molar-refractivity contribution >= 4 is 15.7 Å². The van der Waals surface area contributed by atoms with Crippen LogP contribution < -0.4 is 0 Å². The van der Waals surface area contributed by atoms with Crippen molar-refractivity contribution in [2.24, 2.45) is 0 Å². The maximum absolute atomic E-state index is 12.9. The third-order valence-corrected chi connectivity index (χ3v) is 6.36. The molecule has 6 heteroatoms. The lowest BCUT2D eigenvalue weighted by Gasteiger charge is -2.22. The van der Waals surface area contributed by atoms with Crippen LogP contribution in [0.4, 0.5) is 0 Å². The highest BCUT2D eigenvalue weighted by atomic mass is 32.2. The van der Waals surface area contributed by atoms with E-state index >= 15 is 0 Å². The molecule has 3 aromatic rings. The average molecular weight is 409 g/mol. The number of amides is 1. The number of benzene rings is 2. The van der Waals surface area contributed by atoms with Gasteiger partial charge >= 0.3 is 0 Å². The number of pyridine rings is 1. The minimum atomic E-state index is -3.49. The Balaban J connectivity index is 1.67. The molecule has 150 valence electrons. The molecule has 0 aliphatic heterocycles. The van der Waals surface area contributed by atoms with Gasteiger partial charge in [0, 0.05) is 19.2 Å². The number of aromatic nitrogens is 1. The molecular formula is C23H24N2O3S. The summed E-state index contributed by atoms with van der Waals surface area (Å²) >= 11 is 0. The molecule has 0 atom stereocenters. The lowest BCUT2D eigenvalue weighted by molar-refractivity contribution is -0.131. The molecule has 0 spiro atoms. The van der Waals surface area contributed by atoms with Gasteiger partial charge in [0.15, 0.2) is 9.84 Å². The first kappa shape index (κ1) is 20.7. The Morgan fingerprint density at radius 1 is 0.862 bits per heavy atom. The summed E-state index contributed by atoms with van der Waals surface area (Å²) in [5.74, 6) is -0.397. The first-order valence-electron chi connectivity index (χ1n) is 9.54. The fourth-order valence-corrected chi connectivity index (χ4v) is 4.26. The van der Waals surface area contributed by atoms with Crippen LogP contribution in [0.3, 0.4) is 0 Å². The highest BCUT2D eigenvalue weighted by molar-refractivity contribution is 7.91. The van der Waals surface area contributed by atoms with Crippen LogP contribution in [0, 0.1) is 0 Å². The largest absolute Gasteiger partial charge is 0.336 e. The lowest BCUT2D eigenvalue weighted by atomic mass is 10.1. The zero-order valence-corrected chi connectivity index (χ0v) is 17.0. The van der Waals surface area contributed by atoms with Crippen LogP contribution in [0.25, 0.3) is 0 Å². The zero-order chi connectivity index (χ0) is 20.5. The van der Waals surface area contributed by atoms with Gasteiger partial charge < -0.3 is 4.90 Å². The fourth-order valence-electron chi connectivity index (χ4n) is 3.01. The summed E-state index contributed by atoms with van der Waals surface area (Å²) in [6.07, 6.45) is 2.33. The third-order valence-electron chi connectivity index (χ3n) is 4.63. The quantitative estimate of drug-likeness (QED) is 0.543. The molecule has 0 N–H and O–H groups in total. The van der Waals surface area contributed by atoms with E-state index in [1.165, 1.54) is 0 Å². The molecule has 0 unspecified atom stereocenters. The van der Waals surface area contributed by atoms with Crippen molar-refractivity contribution in [2.45, 2.75) is 24.3 Å². The predicted molar refractivity (Wildman–Crippen MR) is 113 cm³/mol. The first-order chi connectivity index (χ1) is 14.0. The van der Waals surface area contributed by atoms with Crippen LogP contribution >= 0.6 is 0 Å². The summed E-state index contributed by atoms with van der Waals surface area (Å²) < 4.78 is 25.0. The summed E-state index contributed by atoms with van der Waals surface area (Å²) in [6.45, 7) is 0.864. The SMILES string of the molecule is O=C(CCS(=O)(=O)c1ccccc1)N(CCc1ccccc1)Cc1ccccn1. The van der Waals surface area contributed by atoms with E-state index in [0.717, 1.165) is 11.3 Å². The molecular weight excluding hydrogens is 384 g/mol. The fraction of sp³-hybridized carbons (Fsp3) is 0.217. The molecule has 1 heterocycles. The van der Waals surface area contributed by atoms with E-state index in [1.54, 1.807) is 41.4 Å². The van der Waals surface area contributed by atoms with E-state index in [-0.39, 0.29) is 23.0 Å². The molecule has 1 aromatic heterocycles. The Kier molecular flexibility index (Phi) is 7.14. The van der Waals surface area contributed by atoms with Gasteiger partial charge in [-0.3, -0.25) is 9.78 Å². The average Bonchev–Trinajstić information content (AvgIpc) is 2.77. The second kappa shape index (κ2) is 9.98. The van der Waals surface area contributed by atoms with Crippen LogP contribution in [0.5, 0.6) is 0 Å². The molecule has 0 saturated heterocycles. The van der Waals surface area contributed by atoms with E-state index in [0.29, 0.717) is 19.5 Å². The Labute approximate surface area is 172 Å². The van der Waals surface area contributed by atoms with E-state index < -0.39 is 9.84 Å². The van der Waals surface area contributed by atoms with E-state index in [9.17, 15) is 13.2 Å². The topological polar surface area (TPSA) is 67.3 Å². The van der Waals surface area contributed by atoms with Gasteiger partial charge in [-0.15, -0.1) is 0 Å². The molecule has 0 fully saturated rings. The molecule has 5 nitrogen and oxygen atoms in total. The standard InChI is InChI=1S/C23H24N2O3S/c26-23(15-18-29(27,28)22-12-5-2-6-13-22)25(19-21-11-7-8-16-24-21)17-14-20-9-3-1-4-10-20/h1-13,16H,14-15,17-19H2. The number of carbonyl (C=O) groups is 1. The van der Waals surface area contributed by atoms with Crippen molar-refractivity contribution in [3.8, 4) is 0 Å². The summed E-state index contributed by atoms with van der Waals surface area (Å²) in [6, 6.07) is 23.7. The summed E-state index contributed by atoms with van der Waals surface area (Å²) in [5, 5.41) is 0. The van der Waals surface area contributed by atoms with Crippen molar-refractivity contribution in [3.05, 3.63) is 96.3 Å². The van der Waals surface area contributed by atoms with E-state index in [2.05, 4.69) is 4.98 Å². The van der Waals surface area contributed by atoms with Crippen LogP contribution in [0.15, 0.2) is 90.0 Å². The first-order valence-corrected chi connectivity index (χ1v) is 11.2. The molecule has 0 saturated carbocycles. The monoisotopic (exact) mass is 408 g/mol. The van der Waals surface area contributed by atoms with Crippen LogP contribution in [-0.2, 0) is 27.6 Å². The van der Waals surface area contributed by atoms with Gasteiger partial charge in [-0.05, 0) is 36.2 Å². The molecule has 2 aromatic carbocycles. The van der Waals surface area contributed by atoms with Crippen LogP contribution in [0.1, 0.15) is 17.7 Å². The maximum atomic E-state index is 12.9. The van der Waals surface area contributed by atoms with Crippen molar-refractivity contribution < 1.29 is 13.2 Å². The number of rotatable bonds is 9. The number of nitrogens with zero attached hydrogens (tertiary/aromatic N) is 2. The Morgan fingerprint density at radius 2 is 1.52 bits per heavy atom. The predicted octanol–water partition coefficient (Wildman–Crippen LogP) is 3.52. The van der Waals surface area contributed by atoms with Gasteiger partial charge in [0.25, 0.3) is 0 Å². The smallest absolute Gasteiger partial charge is 0.223 e. The summed E-state index contributed by atoms with van der Waals surface area (Å²) in [4.78, 5) is 19.1. The minimum Gasteiger partial charge on any atom is -0.336 e. The second-order valence-electron chi connectivity index (χ2n) is 6.75. The zero-order valence-electron chi connectivity index (χ0n) is 16.1. The van der Waals surface area contributed by atoms with Gasteiger partial charge in [0.2, 0.25) is 5.91 Å².